The number of hydrogen-bond acceptors (Lipinski definition) is 3. The van der Waals surface area contributed by atoms with Crippen molar-refractivity contribution in [3.63, 3.8) is 0 Å². The fraction of sp³-hybridized carbons (Fsp3) is 0.647. The van der Waals surface area contributed by atoms with Crippen molar-refractivity contribution in [1.29, 1.82) is 0 Å². The van der Waals surface area contributed by atoms with Crippen molar-refractivity contribution in [2.75, 3.05) is 13.2 Å². The lowest BCUT2D eigenvalue weighted by atomic mass is 9.85. The van der Waals surface area contributed by atoms with E-state index in [1.807, 2.05) is 0 Å². The van der Waals surface area contributed by atoms with Gasteiger partial charge in [0.25, 0.3) is 0 Å². The van der Waals surface area contributed by atoms with Crippen LogP contribution in [-0.2, 0) is 11.8 Å². The molecule has 0 aliphatic rings. The van der Waals surface area contributed by atoms with E-state index in [1.165, 1.54) is 11.1 Å². The van der Waals surface area contributed by atoms with Crippen LogP contribution in [0.25, 0.3) is 0 Å². The van der Waals surface area contributed by atoms with Gasteiger partial charge in [0.1, 0.15) is 5.75 Å². The predicted molar refractivity (Wildman–Crippen MR) is 84.3 cm³/mol. The summed E-state index contributed by atoms with van der Waals surface area (Å²) in [5.41, 5.74) is 8.04. The largest absolute Gasteiger partial charge is 0.493 e. The Morgan fingerprint density at radius 3 is 2.55 bits per heavy atom. The Morgan fingerprint density at radius 2 is 2.00 bits per heavy atom. The minimum atomic E-state index is -0.438. The van der Waals surface area contributed by atoms with Gasteiger partial charge in [0.15, 0.2) is 0 Å². The number of benzene rings is 1. The molecule has 0 fully saturated rings. The smallest absolute Gasteiger partial charge is 0.122 e. The van der Waals surface area contributed by atoms with Crippen molar-refractivity contribution in [2.24, 2.45) is 5.73 Å². The van der Waals surface area contributed by atoms with Crippen LogP contribution in [-0.4, -0.2) is 24.4 Å². The Labute approximate surface area is 123 Å². The molecule has 0 spiro atoms. The standard InChI is InChI=1S/C17H29NO2/c1-5-10-20-16-9-7-14(17(2,3)4)11-13(16)6-8-15(19)12-18/h7,9,11,15,19H,5-6,8,10,12,18H2,1-4H3. The molecule has 0 amide bonds. The third-order valence-electron chi connectivity index (χ3n) is 3.41. The Balaban J connectivity index is 2.93. The molecule has 3 N–H and O–H groups in total. The molecule has 0 heterocycles. The fourth-order valence-corrected chi connectivity index (χ4v) is 2.03. The van der Waals surface area contributed by atoms with Gasteiger partial charge in [-0.2, -0.15) is 0 Å². The monoisotopic (exact) mass is 279 g/mol. The lowest BCUT2D eigenvalue weighted by Gasteiger charge is -2.22. The summed E-state index contributed by atoms with van der Waals surface area (Å²) in [5.74, 6) is 0.934. The molecule has 1 atom stereocenters. The van der Waals surface area contributed by atoms with Gasteiger partial charge in [0, 0.05) is 6.54 Å². The van der Waals surface area contributed by atoms with Gasteiger partial charge in [-0.05, 0) is 41.9 Å². The van der Waals surface area contributed by atoms with E-state index in [0.717, 1.165) is 25.2 Å². The van der Waals surface area contributed by atoms with Gasteiger partial charge in [-0.1, -0.05) is 39.8 Å². The van der Waals surface area contributed by atoms with Crippen LogP contribution in [0.3, 0.4) is 0 Å². The zero-order valence-corrected chi connectivity index (χ0v) is 13.3. The van der Waals surface area contributed by atoms with E-state index in [9.17, 15) is 5.11 Å². The molecule has 1 aromatic carbocycles. The maximum Gasteiger partial charge on any atom is 0.122 e. The second-order valence-electron chi connectivity index (χ2n) is 6.35. The molecular weight excluding hydrogens is 250 g/mol. The summed E-state index contributed by atoms with van der Waals surface area (Å²) < 4.78 is 5.81. The summed E-state index contributed by atoms with van der Waals surface area (Å²) in [6.45, 7) is 9.74. The maximum absolute atomic E-state index is 9.65. The van der Waals surface area contributed by atoms with Crippen molar-refractivity contribution in [3.8, 4) is 5.75 Å². The second-order valence-corrected chi connectivity index (χ2v) is 6.35. The third kappa shape index (κ3) is 5.14. The normalized spacial score (nSPS) is 13.3. The number of hydrogen-bond donors (Lipinski definition) is 2. The van der Waals surface area contributed by atoms with Crippen LogP contribution < -0.4 is 10.5 Å². The average molecular weight is 279 g/mol. The van der Waals surface area contributed by atoms with Crippen LogP contribution in [0.1, 0.15) is 51.7 Å². The highest BCUT2D eigenvalue weighted by Crippen LogP contribution is 2.29. The van der Waals surface area contributed by atoms with E-state index < -0.39 is 6.10 Å². The number of rotatable bonds is 7. The molecule has 114 valence electrons. The summed E-state index contributed by atoms with van der Waals surface area (Å²) in [7, 11) is 0. The molecule has 0 saturated carbocycles. The quantitative estimate of drug-likeness (QED) is 0.806. The van der Waals surface area contributed by atoms with Crippen LogP contribution in [0.5, 0.6) is 5.75 Å². The highest BCUT2D eigenvalue weighted by molar-refractivity contribution is 5.40. The van der Waals surface area contributed by atoms with Gasteiger partial charge in [0.2, 0.25) is 0 Å². The van der Waals surface area contributed by atoms with Gasteiger partial charge in [0.05, 0.1) is 12.7 Å². The molecule has 1 rings (SSSR count). The Morgan fingerprint density at radius 1 is 1.30 bits per heavy atom. The lowest BCUT2D eigenvalue weighted by Crippen LogP contribution is -2.20. The van der Waals surface area contributed by atoms with E-state index >= 15 is 0 Å². The zero-order chi connectivity index (χ0) is 15.2. The van der Waals surface area contributed by atoms with E-state index in [0.29, 0.717) is 13.0 Å². The highest BCUT2D eigenvalue weighted by atomic mass is 16.5. The summed E-state index contributed by atoms with van der Waals surface area (Å²) in [4.78, 5) is 0. The Bertz CT molecular complexity index is 410. The maximum atomic E-state index is 9.65. The third-order valence-corrected chi connectivity index (χ3v) is 3.41. The SMILES string of the molecule is CCCOc1ccc(C(C)(C)C)cc1CCC(O)CN. The molecule has 0 bridgehead atoms. The fourth-order valence-electron chi connectivity index (χ4n) is 2.03. The summed E-state index contributed by atoms with van der Waals surface area (Å²) in [6, 6.07) is 6.39. The molecular formula is C17H29NO2. The van der Waals surface area contributed by atoms with Crippen molar-refractivity contribution >= 4 is 0 Å². The van der Waals surface area contributed by atoms with Gasteiger partial charge < -0.3 is 15.6 Å². The van der Waals surface area contributed by atoms with Crippen LogP contribution in [0.15, 0.2) is 18.2 Å². The summed E-state index contributed by atoms with van der Waals surface area (Å²) in [5, 5.41) is 9.65. The molecule has 20 heavy (non-hydrogen) atoms. The summed E-state index contributed by atoms with van der Waals surface area (Å²) in [6.07, 6.45) is 2.02. The molecule has 1 aromatic rings. The van der Waals surface area contributed by atoms with Gasteiger partial charge in [-0.25, -0.2) is 0 Å². The highest BCUT2D eigenvalue weighted by Gasteiger charge is 2.16. The average Bonchev–Trinajstić information content (AvgIpc) is 2.41. The van der Waals surface area contributed by atoms with Crippen molar-refractivity contribution in [2.45, 2.75) is 58.5 Å². The molecule has 3 heteroatoms. The van der Waals surface area contributed by atoms with Crippen molar-refractivity contribution in [3.05, 3.63) is 29.3 Å². The Hall–Kier alpha value is -1.06. The zero-order valence-electron chi connectivity index (χ0n) is 13.3. The first-order valence-electron chi connectivity index (χ1n) is 7.52. The van der Waals surface area contributed by atoms with E-state index in [2.05, 4.69) is 45.9 Å². The van der Waals surface area contributed by atoms with Crippen LogP contribution in [0.2, 0.25) is 0 Å². The van der Waals surface area contributed by atoms with E-state index in [4.69, 9.17) is 10.5 Å². The first-order chi connectivity index (χ1) is 9.38. The minimum Gasteiger partial charge on any atom is -0.493 e. The second kappa shape index (κ2) is 7.65. The van der Waals surface area contributed by atoms with Crippen LogP contribution in [0, 0.1) is 0 Å². The molecule has 0 aliphatic heterocycles. The predicted octanol–water partition coefficient (Wildman–Crippen LogP) is 3.03. The molecule has 0 saturated heterocycles. The first kappa shape index (κ1) is 17.0. The lowest BCUT2D eigenvalue weighted by molar-refractivity contribution is 0.172. The minimum absolute atomic E-state index is 0.116. The van der Waals surface area contributed by atoms with Crippen molar-refractivity contribution < 1.29 is 9.84 Å². The molecule has 1 unspecified atom stereocenters. The van der Waals surface area contributed by atoms with E-state index in [-0.39, 0.29) is 5.41 Å². The van der Waals surface area contributed by atoms with Gasteiger partial charge in [-0.15, -0.1) is 0 Å². The molecule has 0 radical (unpaired) electrons. The van der Waals surface area contributed by atoms with E-state index in [1.54, 1.807) is 0 Å². The topological polar surface area (TPSA) is 55.5 Å². The number of ether oxygens (including phenoxy) is 1. The summed E-state index contributed by atoms with van der Waals surface area (Å²) >= 11 is 0. The Kier molecular flexibility index (Phi) is 6.50. The number of aliphatic hydroxyl groups is 1. The van der Waals surface area contributed by atoms with Gasteiger partial charge in [-0.3, -0.25) is 0 Å². The molecule has 0 aliphatic carbocycles. The first-order valence-corrected chi connectivity index (χ1v) is 7.52. The van der Waals surface area contributed by atoms with Gasteiger partial charge >= 0.3 is 0 Å². The number of nitrogens with two attached hydrogens (primary N) is 1. The number of aryl methyl sites for hydroxylation is 1. The van der Waals surface area contributed by atoms with Crippen LogP contribution in [0.4, 0.5) is 0 Å². The number of aliphatic hydroxyl groups excluding tert-OH is 1. The molecule has 3 nitrogen and oxygen atoms in total. The van der Waals surface area contributed by atoms with Crippen molar-refractivity contribution in [1.82, 2.24) is 0 Å². The molecule has 0 aromatic heterocycles. The van der Waals surface area contributed by atoms with Crippen LogP contribution >= 0.6 is 0 Å².